The summed E-state index contributed by atoms with van der Waals surface area (Å²) in [7, 11) is 1.70. The van der Waals surface area contributed by atoms with Gasteiger partial charge in [-0.15, -0.1) is 0 Å². The van der Waals surface area contributed by atoms with Crippen molar-refractivity contribution in [3.8, 4) is 0 Å². The Hall–Kier alpha value is -0.160. The lowest BCUT2D eigenvalue weighted by Gasteiger charge is -2.23. The maximum Gasteiger partial charge on any atom is 0.0589 e. The Morgan fingerprint density at radius 1 is 1.50 bits per heavy atom. The molecule has 1 aliphatic heterocycles. The van der Waals surface area contributed by atoms with Gasteiger partial charge in [-0.25, -0.2) is 0 Å². The van der Waals surface area contributed by atoms with E-state index in [1.807, 2.05) is 0 Å². The highest BCUT2D eigenvalue weighted by Gasteiger charge is 2.18. The van der Waals surface area contributed by atoms with Crippen molar-refractivity contribution in [3.63, 3.8) is 0 Å². The van der Waals surface area contributed by atoms with Crippen LogP contribution in [0.4, 0.5) is 0 Å². The van der Waals surface area contributed by atoms with Crippen molar-refractivity contribution in [1.82, 2.24) is 4.90 Å². The first-order valence-corrected chi connectivity index (χ1v) is 5.26. The fourth-order valence-corrected chi connectivity index (χ4v) is 1.75. The number of nitrogens with zero attached hydrogens (tertiary/aromatic N) is 1. The van der Waals surface area contributed by atoms with Gasteiger partial charge in [0, 0.05) is 33.4 Å². The van der Waals surface area contributed by atoms with Crippen molar-refractivity contribution < 1.29 is 14.6 Å². The van der Waals surface area contributed by atoms with Gasteiger partial charge in [0.25, 0.3) is 0 Å². The van der Waals surface area contributed by atoms with Crippen molar-refractivity contribution in [2.45, 2.75) is 6.42 Å². The Labute approximate surface area is 85.8 Å². The molecule has 14 heavy (non-hydrogen) atoms. The maximum absolute atomic E-state index is 8.90. The van der Waals surface area contributed by atoms with Gasteiger partial charge in [0.1, 0.15) is 0 Å². The second-order valence-electron chi connectivity index (χ2n) is 3.75. The van der Waals surface area contributed by atoms with Gasteiger partial charge >= 0.3 is 0 Å². The van der Waals surface area contributed by atoms with E-state index >= 15 is 0 Å². The molecule has 0 aromatic carbocycles. The molecule has 1 heterocycles. The van der Waals surface area contributed by atoms with Gasteiger partial charge in [-0.3, -0.25) is 4.90 Å². The Morgan fingerprint density at radius 3 is 2.93 bits per heavy atom. The third-order valence-corrected chi connectivity index (χ3v) is 2.57. The van der Waals surface area contributed by atoms with Crippen molar-refractivity contribution in [1.29, 1.82) is 0 Å². The minimum atomic E-state index is 0.220. The number of aliphatic hydroxyl groups excluding tert-OH is 1. The number of aliphatic hydroxyl groups is 1. The molecular weight excluding hydrogens is 182 g/mol. The molecule has 0 bridgehead atoms. The summed E-state index contributed by atoms with van der Waals surface area (Å²) in [6.07, 6.45) is 1.15. The van der Waals surface area contributed by atoms with Crippen molar-refractivity contribution in [2.75, 3.05) is 53.2 Å². The largest absolute Gasteiger partial charge is 0.395 e. The van der Waals surface area contributed by atoms with Gasteiger partial charge in [-0.1, -0.05) is 0 Å². The molecule has 0 amide bonds. The third kappa shape index (κ3) is 4.37. The zero-order valence-electron chi connectivity index (χ0n) is 8.95. The van der Waals surface area contributed by atoms with Crippen LogP contribution in [-0.4, -0.2) is 63.2 Å². The normalized spacial score (nSPS) is 22.1. The van der Waals surface area contributed by atoms with Crippen LogP contribution in [0, 0.1) is 5.92 Å². The highest BCUT2D eigenvalue weighted by Crippen LogP contribution is 2.13. The van der Waals surface area contributed by atoms with E-state index < -0.39 is 0 Å². The zero-order valence-corrected chi connectivity index (χ0v) is 8.95. The van der Waals surface area contributed by atoms with Crippen LogP contribution in [0.2, 0.25) is 0 Å². The number of ether oxygens (including phenoxy) is 2. The monoisotopic (exact) mass is 203 g/mol. The van der Waals surface area contributed by atoms with Crippen molar-refractivity contribution in [3.05, 3.63) is 0 Å². The lowest BCUT2D eigenvalue weighted by Crippen LogP contribution is -2.34. The summed E-state index contributed by atoms with van der Waals surface area (Å²) < 4.78 is 10.3. The Kier molecular flexibility index (Phi) is 6.10. The summed E-state index contributed by atoms with van der Waals surface area (Å²) >= 11 is 0. The van der Waals surface area contributed by atoms with E-state index in [1.165, 1.54) is 0 Å². The quantitative estimate of drug-likeness (QED) is 0.630. The summed E-state index contributed by atoms with van der Waals surface area (Å²) in [5, 5.41) is 8.90. The molecule has 0 aromatic rings. The molecule has 0 spiro atoms. The standard InChI is InChI=1S/C10H21NO3/c1-13-7-4-11(3-5-12)8-10-2-6-14-9-10/h10,12H,2-9H2,1H3. The molecule has 1 atom stereocenters. The topological polar surface area (TPSA) is 41.9 Å². The van der Waals surface area contributed by atoms with Gasteiger partial charge in [0.05, 0.1) is 19.8 Å². The molecule has 0 aromatic heterocycles. The Balaban J connectivity index is 2.18. The molecule has 4 heteroatoms. The van der Waals surface area contributed by atoms with Crippen LogP contribution in [0.5, 0.6) is 0 Å². The van der Waals surface area contributed by atoms with Crippen LogP contribution in [0.25, 0.3) is 0 Å². The molecule has 1 aliphatic rings. The van der Waals surface area contributed by atoms with Crippen molar-refractivity contribution in [2.24, 2.45) is 5.92 Å². The van der Waals surface area contributed by atoms with E-state index in [2.05, 4.69) is 4.90 Å². The average Bonchev–Trinajstić information content (AvgIpc) is 2.67. The summed E-state index contributed by atoms with van der Waals surface area (Å²) in [5.41, 5.74) is 0. The number of hydrogen-bond acceptors (Lipinski definition) is 4. The SMILES string of the molecule is COCCN(CCO)CC1CCOC1. The van der Waals surface area contributed by atoms with Crippen LogP contribution >= 0.6 is 0 Å². The highest BCUT2D eigenvalue weighted by atomic mass is 16.5. The third-order valence-electron chi connectivity index (χ3n) is 2.57. The molecule has 1 unspecified atom stereocenters. The van der Waals surface area contributed by atoms with Gasteiger partial charge in [0.2, 0.25) is 0 Å². The Bertz CT molecular complexity index is 137. The maximum atomic E-state index is 8.90. The lowest BCUT2D eigenvalue weighted by molar-refractivity contribution is 0.113. The molecule has 1 rings (SSSR count). The first kappa shape index (κ1) is 11.9. The minimum absolute atomic E-state index is 0.220. The smallest absolute Gasteiger partial charge is 0.0589 e. The van der Waals surface area contributed by atoms with E-state index in [0.29, 0.717) is 5.92 Å². The van der Waals surface area contributed by atoms with E-state index in [1.54, 1.807) is 7.11 Å². The first-order chi connectivity index (χ1) is 6.86. The second-order valence-corrected chi connectivity index (χ2v) is 3.75. The van der Waals surface area contributed by atoms with Crippen LogP contribution in [0.1, 0.15) is 6.42 Å². The molecule has 1 N–H and O–H groups in total. The van der Waals surface area contributed by atoms with Gasteiger partial charge < -0.3 is 14.6 Å². The number of hydrogen-bond donors (Lipinski definition) is 1. The summed E-state index contributed by atoms with van der Waals surface area (Å²) in [4.78, 5) is 2.24. The summed E-state index contributed by atoms with van der Waals surface area (Å²) in [6, 6.07) is 0. The lowest BCUT2D eigenvalue weighted by atomic mass is 10.1. The van der Waals surface area contributed by atoms with Crippen LogP contribution in [-0.2, 0) is 9.47 Å². The average molecular weight is 203 g/mol. The van der Waals surface area contributed by atoms with Gasteiger partial charge in [-0.2, -0.15) is 0 Å². The number of rotatable bonds is 7. The van der Waals surface area contributed by atoms with E-state index in [9.17, 15) is 0 Å². The number of methoxy groups -OCH3 is 1. The van der Waals surface area contributed by atoms with Crippen LogP contribution in [0.3, 0.4) is 0 Å². The molecule has 0 radical (unpaired) electrons. The highest BCUT2D eigenvalue weighted by molar-refractivity contribution is 4.69. The molecule has 4 nitrogen and oxygen atoms in total. The van der Waals surface area contributed by atoms with Crippen molar-refractivity contribution >= 4 is 0 Å². The predicted molar refractivity (Wildman–Crippen MR) is 54.3 cm³/mol. The molecule has 0 saturated carbocycles. The summed E-state index contributed by atoms with van der Waals surface area (Å²) in [5.74, 6) is 0.637. The minimum Gasteiger partial charge on any atom is -0.395 e. The molecule has 1 fully saturated rings. The fraction of sp³-hybridized carbons (Fsp3) is 1.00. The van der Waals surface area contributed by atoms with Gasteiger partial charge in [-0.05, 0) is 12.3 Å². The Morgan fingerprint density at radius 2 is 2.36 bits per heavy atom. The van der Waals surface area contributed by atoms with Crippen LogP contribution < -0.4 is 0 Å². The van der Waals surface area contributed by atoms with E-state index in [4.69, 9.17) is 14.6 Å². The molecular formula is C10H21NO3. The van der Waals surface area contributed by atoms with Gasteiger partial charge in [0.15, 0.2) is 0 Å². The molecule has 0 aliphatic carbocycles. The fourth-order valence-electron chi connectivity index (χ4n) is 1.75. The first-order valence-electron chi connectivity index (χ1n) is 5.26. The molecule has 84 valence electrons. The molecule has 1 saturated heterocycles. The second kappa shape index (κ2) is 7.17. The van der Waals surface area contributed by atoms with E-state index in [-0.39, 0.29) is 6.61 Å². The van der Waals surface area contributed by atoms with E-state index in [0.717, 1.165) is 45.9 Å². The predicted octanol–water partition coefficient (Wildman–Crippen LogP) is -0.0364. The summed E-state index contributed by atoms with van der Waals surface area (Å²) in [6.45, 7) is 5.36. The zero-order chi connectivity index (χ0) is 10.2. The van der Waals surface area contributed by atoms with Crippen LogP contribution in [0.15, 0.2) is 0 Å².